The molecule has 0 bridgehead atoms. The fourth-order valence-electron chi connectivity index (χ4n) is 4.20. The van der Waals surface area contributed by atoms with Gasteiger partial charge in [0, 0.05) is 35.5 Å². The highest BCUT2D eigenvalue weighted by Gasteiger charge is 2.35. The van der Waals surface area contributed by atoms with Gasteiger partial charge in [-0.2, -0.15) is 5.10 Å². The van der Waals surface area contributed by atoms with E-state index in [4.69, 9.17) is 0 Å². The molecule has 7 heteroatoms. The third-order valence-corrected chi connectivity index (χ3v) is 5.58. The van der Waals surface area contributed by atoms with E-state index in [0.717, 1.165) is 24.9 Å². The highest BCUT2D eigenvalue weighted by molar-refractivity contribution is 5.95. The molecular formula is C23H28N4O3. The number of fused-ring (bicyclic) bond motifs is 1. The smallest absolute Gasteiger partial charge is 0.271 e. The molecule has 1 amide bonds. The largest absolute Gasteiger partial charge is 0.366 e. The minimum absolute atomic E-state index is 0.0569. The van der Waals surface area contributed by atoms with Crippen molar-refractivity contribution in [3.05, 3.63) is 69.3 Å². The predicted molar refractivity (Wildman–Crippen MR) is 119 cm³/mol. The summed E-state index contributed by atoms with van der Waals surface area (Å²) in [5, 5.41) is 14.8. The first kappa shape index (κ1) is 21.5. The van der Waals surface area contributed by atoms with Crippen LogP contribution in [0, 0.1) is 10.1 Å². The number of nitro groups is 1. The minimum Gasteiger partial charge on any atom is -0.366 e. The van der Waals surface area contributed by atoms with Gasteiger partial charge in [-0.05, 0) is 68.0 Å². The first-order chi connectivity index (χ1) is 14.2. The molecule has 0 saturated heterocycles. The van der Waals surface area contributed by atoms with Crippen molar-refractivity contribution >= 4 is 23.5 Å². The lowest BCUT2D eigenvalue weighted by molar-refractivity contribution is -0.384. The van der Waals surface area contributed by atoms with Crippen molar-refractivity contribution in [1.29, 1.82) is 0 Å². The lowest BCUT2D eigenvalue weighted by Crippen LogP contribution is -2.48. The maximum absolute atomic E-state index is 12.2. The Labute approximate surface area is 176 Å². The summed E-state index contributed by atoms with van der Waals surface area (Å²) in [6.45, 7) is 10.1. The Kier molecular flexibility index (Phi) is 6.20. The summed E-state index contributed by atoms with van der Waals surface area (Å²) < 4.78 is 0. The molecule has 1 aliphatic heterocycles. The number of rotatable bonds is 6. The maximum Gasteiger partial charge on any atom is 0.271 e. The Bertz CT molecular complexity index is 967. The van der Waals surface area contributed by atoms with E-state index < -0.39 is 10.8 Å². The number of hydrogen-bond acceptors (Lipinski definition) is 5. The third kappa shape index (κ3) is 4.50. The molecule has 1 N–H and O–H groups in total. The summed E-state index contributed by atoms with van der Waals surface area (Å²) in [7, 11) is 0. The number of hydrogen-bond donors (Lipinski definition) is 1. The molecule has 7 nitrogen and oxygen atoms in total. The van der Waals surface area contributed by atoms with Gasteiger partial charge in [0.15, 0.2) is 0 Å². The maximum atomic E-state index is 12.2. The zero-order chi connectivity index (χ0) is 21.9. The van der Waals surface area contributed by atoms with Crippen molar-refractivity contribution in [2.75, 3.05) is 11.4 Å². The van der Waals surface area contributed by atoms with Gasteiger partial charge in [0.1, 0.15) is 0 Å². The quantitative estimate of drug-likeness (QED) is 0.420. The minimum atomic E-state index is -0.500. The van der Waals surface area contributed by atoms with Gasteiger partial charge >= 0.3 is 0 Å². The van der Waals surface area contributed by atoms with Gasteiger partial charge in [-0.1, -0.05) is 19.9 Å². The molecule has 2 aromatic rings. The lowest BCUT2D eigenvalue weighted by atomic mass is 9.79. The van der Waals surface area contributed by atoms with Crippen LogP contribution < -0.4 is 10.3 Å². The molecule has 1 aliphatic rings. The van der Waals surface area contributed by atoms with Crippen LogP contribution in [0.2, 0.25) is 0 Å². The molecule has 30 heavy (non-hydrogen) atoms. The molecular weight excluding hydrogens is 380 g/mol. The van der Waals surface area contributed by atoms with E-state index in [9.17, 15) is 14.9 Å². The molecule has 0 aliphatic carbocycles. The second-order valence-corrected chi connectivity index (χ2v) is 8.39. The number of amides is 1. The number of anilines is 1. The molecule has 0 fully saturated rings. The number of carbonyl (C=O) groups is 1. The first-order valence-electron chi connectivity index (χ1n) is 10.2. The molecule has 0 aromatic heterocycles. The number of hydrazone groups is 1. The zero-order valence-corrected chi connectivity index (χ0v) is 17.9. The van der Waals surface area contributed by atoms with Crippen LogP contribution in [0.15, 0.2) is 47.6 Å². The van der Waals surface area contributed by atoms with E-state index in [-0.39, 0.29) is 11.2 Å². The average Bonchev–Trinajstić information content (AvgIpc) is 2.71. The number of nitrogens with one attached hydrogen (secondary N) is 1. The van der Waals surface area contributed by atoms with Crippen molar-refractivity contribution in [1.82, 2.24) is 5.43 Å². The summed E-state index contributed by atoms with van der Waals surface area (Å²) in [6.07, 6.45) is 3.80. The summed E-state index contributed by atoms with van der Waals surface area (Å²) >= 11 is 0. The molecule has 0 saturated carbocycles. The second kappa shape index (κ2) is 8.65. The standard InChI is InChI=1S/C23H28N4O3/c1-5-12-26-21-11-6-17(13-20(21)16(2)14-23(26,3)4)15-24-25-22(28)18-7-9-19(10-8-18)27(29)30/h6-11,13,15-16H,5,12,14H2,1-4H3,(H,25,28)/b24-15-. The zero-order valence-electron chi connectivity index (χ0n) is 17.9. The molecule has 3 rings (SSSR count). The van der Waals surface area contributed by atoms with Gasteiger partial charge in [0.25, 0.3) is 11.6 Å². The topological polar surface area (TPSA) is 87.8 Å². The molecule has 1 atom stereocenters. The Morgan fingerprint density at radius 1 is 1.30 bits per heavy atom. The fraction of sp³-hybridized carbons (Fsp3) is 0.391. The summed E-state index contributed by atoms with van der Waals surface area (Å²) in [5.41, 5.74) is 6.35. The van der Waals surface area contributed by atoms with Crippen LogP contribution in [-0.4, -0.2) is 29.1 Å². The number of benzene rings is 2. The normalized spacial score (nSPS) is 17.6. The highest BCUT2D eigenvalue weighted by Crippen LogP contribution is 2.43. The SMILES string of the molecule is CCCN1c2ccc(/C=N\NC(=O)c3ccc([N+](=O)[O-])cc3)cc2C(C)CC1(C)C. The number of carbonyl (C=O) groups excluding carboxylic acids is 1. The van der Waals surface area contributed by atoms with Crippen molar-refractivity contribution in [2.24, 2.45) is 5.10 Å². The van der Waals surface area contributed by atoms with Gasteiger partial charge in [0.2, 0.25) is 0 Å². The van der Waals surface area contributed by atoms with Crippen molar-refractivity contribution in [2.45, 2.75) is 52.0 Å². The van der Waals surface area contributed by atoms with Gasteiger partial charge in [-0.15, -0.1) is 0 Å². The van der Waals surface area contributed by atoms with Crippen LogP contribution in [-0.2, 0) is 0 Å². The van der Waals surface area contributed by atoms with E-state index in [0.29, 0.717) is 11.5 Å². The predicted octanol–water partition coefficient (Wildman–Crippen LogP) is 4.86. The Morgan fingerprint density at radius 3 is 2.63 bits per heavy atom. The number of non-ortho nitro benzene ring substituents is 1. The van der Waals surface area contributed by atoms with Gasteiger partial charge in [-0.25, -0.2) is 5.43 Å². The monoisotopic (exact) mass is 408 g/mol. The number of nitro benzene ring substituents is 1. The molecule has 1 unspecified atom stereocenters. The summed E-state index contributed by atoms with van der Waals surface area (Å²) in [5.74, 6) is 0.0227. The number of nitrogens with zero attached hydrogens (tertiary/aromatic N) is 3. The Hall–Kier alpha value is -3.22. The van der Waals surface area contributed by atoms with Crippen LogP contribution in [0.1, 0.15) is 67.9 Å². The van der Waals surface area contributed by atoms with Crippen LogP contribution >= 0.6 is 0 Å². The van der Waals surface area contributed by atoms with E-state index >= 15 is 0 Å². The average molecular weight is 409 g/mol. The van der Waals surface area contributed by atoms with Crippen LogP contribution in [0.25, 0.3) is 0 Å². The van der Waals surface area contributed by atoms with Gasteiger partial charge in [0.05, 0.1) is 11.1 Å². The van der Waals surface area contributed by atoms with Gasteiger partial charge in [-0.3, -0.25) is 14.9 Å². The van der Waals surface area contributed by atoms with E-state index in [2.05, 4.69) is 55.3 Å². The van der Waals surface area contributed by atoms with Crippen LogP contribution in [0.4, 0.5) is 11.4 Å². The molecule has 1 heterocycles. The molecule has 2 aromatic carbocycles. The van der Waals surface area contributed by atoms with Crippen molar-refractivity contribution < 1.29 is 9.72 Å². The third-order valence-electron chi connectivity index (χ3n) is 5.58. The van der Waals surface area contributed by atoms with Crippen LogP contribution in [0.3, 0.4) is 0 Å². The lowest BCUT2D eigenvalue weighted by Gasteiger charge is -2.47. The van der Waals surface area contributed by atoms with Crippen molar-refractivity contribution in [3.63, 3.8) is 0 Å². The van der Waals surface area contributed by atoms with Gasteiger partial charge < -0.3 is 4.90 Å². The van der Waals surface area contributed by atoms with E-state index in [1.165, 1.54) is 35.5 Å². The molecule has 0 spiro atoms. The summed E-state index contributed by atoms with van der Waals surface area (Å²) in [6, 6.07) is 11.7. The molecule has 158 valence electrons. The Morgan fingerprint density at radius 2 is 2.00 bits per heavy atom. The highest BCUT2D eigenvalue weighted by atomic mass is 16.6. The first-order valence-corrected chi connectivity index (χ1v) is 10.2. The van der Waals surface area contributed by atoms with Crippen molar-refractivity contribution in [3.8, 4) is 0 Å². The second-order valence-electron chi connectivity index (χ2n) is 8.39. The Balaban J connectivity index is 1.73. The van der Waals surface area contributed by atoms with E-state index in [1.54, 1.807) is 6.21 Å². The fourth-order valence-corrected chi connectivity index (χ4v) is 4.20. The summed E-state index contributed by atoms with van der Waals surface area (Å²) in [4.78, 5) is 24.9. The van der Waals surface area contributed by atoms with E-state index in [1.807, 2.05) is 6.07 Å². The molecule has 0 radical (unpaired) electrons. The van der Waals surface area contributed by atoms with Crippen LogP contribution in [0.5, 0.6) is 0 Å².